The first-order valence-electron chi connectivity index (χ1n) is 7.33. The fraction of sp³-hybridized carbons (Fsp3) is 0.588. The second-order valence-corrected chi connectivity index (χ2v) is 8.34. The number of nitrogens with zero attached hydrogens (tertiary/aromatic N) is 1. The van der Waals surface area contributed by atoms with E-state index in [2.05, 4.69) is 37.8 Å². The Hall–Kier alpha value is -0.800. The van der Waals surface area contributed by atoms with Crippen LogP contribution >= 0.6 is 11.8 Å². The van der Waals surface area contributed by atoms with Gasteiger partial charge in [-0.2, -0.15) is 11.8 Å². The maximum atomic E-state index is 11.7. The third kappa shape index (κ3) is 3.86. The van der Waals surface area contributed by atoms with Crippen molar-refractivity contribution in [3.63, 3.8) is 0 Å². The molecule has 1 aliphatic heterocycles. The second-order valence-electron chi connectivity index (χ2n) is 6.54. The van der Waals surface area contributed by atoms with Crippen molar-refractivity contribution in [3.8, 4) is 0 Å². The van der Waals surface area contributed by atoms with Gasteiger partial charge in [0, 0.05) is 23.6 Å². The predicted molar refractivity (Wildman–Crippen MR) is 87.5 cm³/mol. The number of hydrogen-bond donors (Lipinski definition) is 0. The molecule has 1 heterocycles. The molecule has 0 amide bonds. The summed E-state index contributed by atoms with van der Waals surface area (Å²) in [4.78, 5) is 14.1. The summed E-state index contributed by atoms with van der Waals surface area (Å²) in [5, 5.41) is 0. The minimum Gasteiger partial charge on any atom is -0.302 e. The second kappa shape index (κ2) is 6.31. The Morgan fingerprint density at radius 1 is 1.30 bits per heavy atom. The fourth-order valence-corrected chi connectivity index (χ4v) is 3.84. The van der Waals surface area contributed by atoms with Gasteiger partial charge >= 0.3 is 0 Å². The molecule has 0 spiro atoms. The van der Waals surface area contributed by atoms with Crippen LogP contribution in [0.1, 0.15) is 32.8 Å². The average molecular weight is 291 g/mol. The molecule has 0 radical (unpaired) electrons. The zero-order chi connectivity index (χ0) is 14.6. The lowest BCUT2D eigenvalue weighted by Crippen LogP contribution is -2.41. The lowest BCUT2D eigenvalue weighted by Gasteiger charge is -2.31. The van der Waals surface area contributed by atoms with Gasteiger partial charge in [-0.25, -0.2) is 0 Å². The highest BCUT2D eigenvalue weighted by Gasteiger charge is 2.31. The minimum absolute atomic E-state index is 0.360. The van der Waals surface area contributed by atoms with E-state index in [-0.39, 0.29) is 0 Å². The van der Waals surface area contributed by atoms with Gasteiger partial charge in [0.15, 0.2) is 0 Å². The molecule has 2 rings (SSSR count). The van der Waals surface area contributed by atoms with E-state index in [1.807, 2.05) is 30.0 Å². The molecule has 110 valence electrons. The van der Waals surface area contributed by atoms with E-state index >= 15 is 0 Å². The fourth-order valence-electron chi connectivity index (χ4n) is 2.70. The van der Waals surface area contributed by atoms with Crippen molar-refractivity contribution in [2.24, 2.45) is 0 Å². The Morgan fingerprint density at radius 2 is 2.00 bits per heavy atom. The van der Waals surface area contributed by atoms with Crippen LogP contribution in [0.2, 0.25) is 0 Å². The number of rotatable bonds is 4. The highest BCUT2D eigenvalue weighted by molar-refractivity contribution is 8.00. The first kappa shape index (κ1) is 15.6. The Bertz CT molecular complexity index is 446. The van der Waals surface area contributed by atoms with Crippen LogP contribution in [-0.4, -0.2) is 41.3 Å². The summed E-state index contributed by atoms with van der Waals surface area (Å²) in [6.07, 6.45) is 2.30. The molecule has 0 aromatic heterocycles. The van der Waals surface area contributed by atoms with Crippen molar-refractivity contribution in [3.05, 3.63) is 35.9 Å². The first-order valence-corrected chi connectivity index (χ1v) is 8.32. The van der Waals surface area contributed by atoms with Crippen molar-refractivity contribution < 1.29 is 4.79 Å². The molecule has 20 heavy (non-hydrogen) atoms. The van der Waals surface area contributed by atoms with Crippen LogP contribution in [-0.2, 0) is 10.2 Å². The van der Waals surface area contributed by atoms with Crippen LogP contribution < -0.4 is 0 Å². The Kier molecular flexibility index (Phi) is 4.92. The maximum absolute atomic E-state index is 11.7. The van der Waals surface area contributed by atoms with E-state index in [1.165, 1.54) is 6.42 Å². The van der Waals surface area contributed by atoms with Crippen LogP contribution in [0.5, 0.6) is 0 Å². The van der Waals surface area contributed by atoms with Crippen molar-refractivity contribution in [2.75, 3.05) is 25.4 Å². The zero-order valence-electron chi connectivity index (χ0n) is 12.8. The molecular formula is C17H25NOS. The molecule has 3 heteroatoms. The molecule has 1 aliphatic rings. The molecule has 1 aromatic rings. The summed E-state index contributed by atoms with van der Waals surface area (Å²) in [5.41, 5.74) is 0.714. The van der Waals surface area contributed by atoms with E-state index < -0.39 is 5.41 Å². The smallest absolute Gasteiger partial charge is 0.131 e. The lowest BCUT2D eigenvalue weighted by atomic mass is 9.83. The number of aldehydes is 1. The number of carbonyl (C=O) groups is 1. The number of benzene rings is 1. The van der Waals surface area contributed by atoms with Gasteiger partial charge in [0.25, 0.3) is 0 Å². The first-order chi connectivity index (χ1) is 9.45. The summed E-state index contributed by atoms with van der Waals surface area (Å²) in [6, 6.07) is 10.1. The van der Waals surface area contributed by atoms with Gasteiger partial charge in [-0.05, 0) is 25.5 Å². The Labute approximate surface area is 126 Å². The highest BCUT2D eigenvalue weighted by Crippen LogP contribution is 2.32. The van der Waals surface area contributed by atoms with Crippen LogP contribution in [0, 0.1) is 0 Å². The standard InChI is InChI=1S/C17H25NOS/c1-16(2)9-10-18(11-12-20-16)13-17(3,14-19)15-7-5-4-6-8-15/h4-8,14H,9-13H2,1-3H3. The Morgan fingerprint density at radius 3 is 2.65 bits per heavy atom. The molecule has 0 aliphatic carbocycles. The third-order valence-corrected chi connectivity index (χ3v) is 5.55. The van der Waals surface area contributed by atoms with Crippen molar-refractivity contribution >= 4 is 18.0 Å². The summed E-state index contributed by atoms with van der Waals surface area (Å²) in [5.74, 6) is 1.15. The van der Waals surface area contributed by atoms with Gasteiger partial charge in [0.2, 0.25) is 0 Å². The molecule has 1 fully saturated rings. The minimum atomic E-state index is -0.402. The monoisotopic (exact) mass is 291 g/mol. The molecule has 0 N–H and O–H groups in total. The average Bonchev–Trinajstić information content (AvgIpc) is 2.61. The SMILES string of the molecule is CC1(C)CCN(CC(C)(C=O)c2ccccc2)CCS1. The molecule has 2 nitrogen and oxygen atoms in total. The van der Waals surface area contributed by atoms with Gasteiger partial charge in [-0.1, -0.05) is 44.2 Å². The molecule has 1 unspecified atom stereocenters. The van der Waals surface area contributed by atoms with Crippen LogP contribution in [0.4, 0.5) is 0 Å². The van der Waals surface area contributed by atoms with Crippen LogP contribution in [0.15, 0.2) is 30.3 Å². The van der Waals surface area contributed by atoms with Gasteiger partial charge in [-0.3, -0.25) is 0 Å². The van der Waals surface area contributed by atoms with E-state index in [4.69, 9.17) is 0 Å². The van der Waals surface area contributed by atoms with Gasteiger partial charge < -0.3 is 9.69 Å². The van der Waals surface area contributed by atoms with Gasteiger partial charge in [0.1, 0.15) is 6.29 Å². The topological polar surface area (TPSA) is 20.3 Å². The Balaban J connectivity index is 2.08. The van der Waals surface area contributed by atoms with Gasteiger partial charge in [0.05, 0.1) is 5.41 Å². The number of hydrogen-bond acceptors (Lipinski definition) is 3. The molecule has 1 aromatic carbocycles. The van der Waals surface area contributed by atoms with Crippen molar-refractivity contribution in [1.29, 1.82) is 0 Å². The normalized spacial score (nSPS) is 22.8. The molecular weight excluding hydrogens is 266 g/mol. The van der Waals surface area contributed by atoms with E-state index in [0.717, 1.165) is 37.2 Å². The van der Waals surface area contributed by atoms with E-state index in [9.17, 15) is 4.79 Å². The van der Waals surface area contributed by atoms with Crippen molar-refractivity contribution in [2.45, 2.75) is 37.4 Å². The summed E-state index contributed by atoms with van der Waals surface area (Å²) >= 11 is 2.04. The summed E-state index contributed by atoms with van der Waals surface area (Å²) in [6.45, 7) is 9.66. The summed E-state index contributed by atoms with van der Waals surface area (Å²) < 4.78 is 0.360. The maximum Gasteiger partial charge on any atom is 0.131 e. The van der Waals surface area contributed by atoms with E-state index in [1.54, 1.807) is 0 Å². The van der Waals surface area contributed by atoms with Gasteiger partial charge in [-0.15, -0.1) is 0 Å². The van der Waals surface area contributed by atoms with E-state index in [0.29, 0.717) is 4.75 Å². The third-order valence-electron chi connectivity index (χ3n) is 4.18. The quantitative estimate of drug-likeness (QED) is 0.793. The number of carbonyl (C=O) groups excluding carboxylic acids is 1. The predicted octanol–water partition coefficient (Wildman–Crippen LogP) is 3.36. The largest absolute Gasteiger partial charge is 0.302 e. The summed E-state index contributed by atoms with van der Waals surface area (Å²) in [7, 11) is 0. The molecule has 1 saturated heterocycles. The molecule has 1 atom stereocenters. The van der Waals surface area contributed by atoms with Crippen LogP contribution in [0.25, 0.3) is 0 Å². The zero-order valence-corrected chi connectivity index (χ0v) is 13.6. The highest BCUT2D eigenvalue weighted by atomic mass is 32.2. The molecule has 0 bridgehead atoms. The van der Waals surface area contributed by atoms with Crippen molar-refractivity contribution in [1.82, 2.24) is 4.90 Å². The number of thioether (sulfide) groups is 1. The lowest BCUT2D eigenvalue weighted by molar-refractivity contribution is -0.112. The van der Waals surface area contributed by atoms with Crippen LogP contribution in [0.3, 0.4) is 0 Å². The molecule has 0 saturated carbocycles.